The molecular formula is C23H19NO2. The minimum Gasteiger partial charge on any atom is -0.294 e. The zero-order valence-electron chi connectivity index (χ0n) is 14.7. The molecule has 0 amide bonds. The number of Topliss-reactive ketones (excluding diaryl/α,β-unsaturated/α-hetero) is 2. The molecule has 26 heavy (non-hydrogen) atoms. The number of fused-ring (bicyclic) bond motifs is 3. The van der Waals surface area contributed by atoms with Crippen molar-refractivity contribution < 1.29 is 9.59 Å². The third-order valence-corrected chi connectivity index (χ3v) is 5.81. The summed E-state index contributed by atoms with van der Waals surface area (Å²) in [6.07, 6.45) is 2.21. The summed E-state index contributed by atoms with van der Waals surface area (Å²) in [5.74, 6) is -0.347. The highest BCUT2D eigenvalue weighted by molar-refractivity contribution is 6.30. The molecule has 0 bridgehead atoms. The van der Waals surface area contributed by atoms with Gasteiger partial charge in [-0.2, -0.15) is 0 Å². The number of nitrogens with zero attached hydrogens (tertiary/aromatic N) is 1. The summed E-state index contributed by atoms with van der Waals surface area (Å²) < 4.78 is 0. The van der Waals surface area contributed by atoms with Gasteiger partial charge >= 0.3 is 0 Å². The predicted molar refractivity (Wildman–Crippen MR) is 101 cm³/mol. The van der Waals surface area contributed by atoms with Crippen LogP contribution in [0.1, 0.15) is 52.2 Å². The number of hydrogen-bond donors (Lipinski definition) is 0. The number of aryl methyl sites for hydroxylation is 1. The average Bonchev–Trinajstić information content (AvgIpc) is 2.94. The van der Waals surface area contributed by atoms with E-state index >= 15 is 0 Å². The Bertz CT molecular complexity index is 1010. The lowest BCUT2D eigenvalue weighted by Gasteiger charge is -2.33. The number of carbonyl (C=O) groups excluding carboxylic acids is 2. The minimum absolute atomic E-state index is 0.0925. The van der Waals surface area contributed by atoms with Crippen LogP contribution in [0.5, 0.6) is 0 Å². The maximum absolute atomic E-state index is 13.2. The highest BCUT2D eigenvalue weighted by atomic mass is 16.1. The summed E-state index contributed by atoms with van der Waals surface area (Å²) in [4.78, 5) is 30.9. The molecule has 2 atom stereocenters. The van der Waals surface area contributed by atoms with Gasteiger partial charge in [0.15, 0.2) is 11.6 Å². The Balaban J connectivity index is 1.76. The normalized spacial score (nSPS) is 24.1. The monoisotopic (exact) mass is 341 g/mol. The summed E-state index contributed by atoms with van der Waals surface area (Å²) in [6, 6.07) is 15.9. The van der Waals surface area contributed by atoms with Gasteiger partial charge in [-0.1, -0.05) is 54.1 Å². The second-order valence-corrected chi connectivity index (χ2v) is 7.41. The Hall–Kier alpha value is -2.81. The van der Waals surface area contributed by atoms with E-state index in [-0.39, 0.29) is 23.4 Å². The van der Waals surface area contributed by atoms with Crippen molar-refractivity contribution in [2.24, 2.45) is 10.9 Å². The van der Waals surface area contributed by atoms with E-state index in [0.29, 0.717) is 6.42 Å². The summed E-state index contributed by atoms with van der Waals surface area (Å²) in [7, 11) is 0. The van der Waals surface area contributed by atoms with Crippen LogP contribution in [0.25, 0.3) is 0 Å². The molecule has 0 unspecified atom stereocenters. The van der Waals surface area contributed by atoms with Gasteiger partial charge in [-0.15, -0.1) is 0 Å². The molecule has 0 aromatic heterocycles. The molecule has 3 aliphatic rings. The summed E-state index contributed by atoms with van der Waals surface area (Å²) >= 11 is 0. The first-order chi connectivity index (χ1) is 12.6. The SMILES string of the molecule is Cc1ccc([C@@H]2C3=C(CCCC3=O)N=C3c4ccccc4C(=O)[C@H]32)cc1. The van der Waals surface area contributed by atoms with Gasteiger partial charge in [0.2, 0.25) is 0 Å². The molecule has 5 rings (SSSR count). The van der Waals surface area contributed by atoms with Crippen LogP contribution in [0.4, 0.5) is 0 Å². The third kappa shape index (κ3) is 2.10. The average molecular weight is 341 g/mol. The molecule has 0 saturated carbocycles. The minimum atomic E-state index is -0.379. The highest BCUT2D eigenvalue weighted by Gasteiger charge is 2.48. The first-order valence-electron chi connectivity index (χ1n) is 9.20. The van der Waals surface area contributed by atoms with Crippen LogP contribution in [-0.4, -0.2) is 17.3 Å². The van der Waals surface area contributed by atoms with Gasteiger partial charge in [0.1, 0.15) is 0 Å². The Morgan fingerprint density at radius 2 is 1.62 bits per heavy atom. The Kier molecular flexibility index (Phi) is 3.33. The topological polar surface area (TPSA) is 46.5 Å². The molecule has 2 aromatic rings. The van der Waals surface area contributed by atoms with Crippen LogP contribution in [0.2, 0.25) is 0 Å². The van der Waals surface area contributed by atoms with Crippen molar-refractivity contribution in [2.45, 2.75) is 32.1 Å². The van der Waals surface area contributed by atoms with Gasteiger partial charge in [-0.3, -0.25) is 14.6 Å². The Morgan fingerprint density at radius 1 is 0.885 bits per heavy atom. The molecule has 0 fully saturated rings. The molecular weight excluding hydrogens is 322 g/mol. The second-order valence-electron chi connectivity index (χ2n) is 7.41. The summed E-state index contributed by atoms with van der Waals surface area (Å²) in [5, 5.41) is 0. The number of aliphatic imine (C=N–C) groups is 1. The summed E-state index contributed by atoms with van der Waals surface area (Å²) in [6.45, 7) is 2.05. The molecule has 0 N–H and O–H groups in total. The van der Waals surface area contributed by atoms with E-state index in [0.717, 1.165) is 46.5 Å². The van der Waals surface area contributed by atoms with Crippen molar-refractivity contribution in [3.05, 3.63) is 82.1 Å². The maximum atomic E-state index is 13.2. The number of carbonyl (C=O) groups is 2. The Labute approximate surface area is 152 Å². The largest absolute Gasteiger partial charge is 0.294 e. The predicted octanol–water partition coefficient (Wildman–Crippen LogP) is 4.40. The molecule has 0 spiro atoms. The van der Waals surface area contributed by atoms with Crippen molar-refractivity contribution in [1.82, 2.24) is 0 Å². The standard InChI is InChI=1S/C23H19NO2/c1-13-9-11-14(12-10-13)19-20-17(7-4-8-18(20)25)24-22-15-5-2-3-6-16(15)23(26)21(19)22/h2-3,5-6,9-12,19,21H,4,7-8H2,1H3/t19-,21+/m1/s1. The van der Waals surface area contributed by atoms with Crippen LogP contribution in [0.3, 0.4) is 0 Å². The number of rotatable bonds is 1. The zero-order valence-corrected chi connectivity index (χ0v) is 14.7. The molecule has 0 saturated heterocycles. The Morgan fingerprint density at radius 3 is 2.38 bits per heavy atom. The van der Waals surface area contributed by atoms with Crippen LogP contribution in [0, 0.1) is 12.8 Å². The van der Waals surface area contributed by atoms with Gasteiger partial charge < -0.3 is 0 Å². The van der Waals surface area contributed by atoms with Gasteiger partial charge in [-0.25, -0.2) is 0 Å². The molecule has 3 heteroatoms. The lowest BCUT2D eigenvalue weighted by Crippen LogP contribution is -2.33. The van der Waals surface area contributed by atoms with Gasteiger partial charge in [0.05, 0.1) is 11.6 Å². The van der Waals surface area contributed by atoms with E-state index < -0.39 is 0 Å². The fourth-order valence-corrected chi connectivity index (χ4v) is 4.58. The van der Waals surface area contributed by atoms with E-state index in [4.69, 9.17) is 4.99 Å². The molecule has 1 aliphatic heterocycles. The molecule has 0 radical (unpaired) electrons. The number of ketones is 2. The molecule has 1 heterocycles. The smallest absolute Gasteiger partial charge is 0.173 e. The number of benzene rings is 2. The maximum Gasteiger partial charge on any atom is 0.173 e. The third-order valence-electron chi connectivity index (χ3n) is 5.81. The molecule has 128 valence electrons. The van der Waals surface area contributed by atoms with Crippen LogP contribution in [0.15, 0.2) is 64.8 Å². The van der Waals surface area contributed by atoms with Crippen molar-refractivity contribution in [2.75, 3.05) is 0 Å². The van der Waals surface area contributed by atoms with Crippen LogP contribution < -0.4 is 0 Å². The van der Waals surface area contributed by atoms with E-state index in [1.54, 1.807) is 0 Å². The fraction of sp³-hybridized carbons (Fsp3) is 0.261. The number of allylic oxidation sites excluding steroid dienone is 2. The van der Waals surface area contributed by atoms with Crippen molar-refractivity contribution in [3.8, 4) is 0 Å². The second kappa shape index (κ2) is 5.60. The number of hydrogen-bond acceptors (Lipinski definition) is 3. The van der Waals surface area contributed by atoms with Crippen molar-refractivity contribution >= 4 is 17.3 Å². The van der Waals surface area contributed by atoms with E-state index in [1.165, 1.54) is 5.56 Å². The molecule has 2 aromatic carbocycles. The van der Waals surface area contributed by atoms with E-state index in [2.05, 4.69) is 24.3 Å². The molecule has 2 aliphatic carbocycles. The first kappa shape index (κ1) is 15.4. The van der Waals surface area contributed by atoms with Crippen LogP contribution >= 0.6 is 0 Å². The quantitative estimate of drug-likeness (QED) is 0.772. The lowest BCUT2D eigenvalue weighted by molar-refractivity contribution is -0.116. The molecule has 3 nitrogen and oxygen atoms in total. The lowest BCUT2D eigenvalue weighted by atomic mass is 9.71. The van der Waals surface area contributed by atoms with Gasteiger partial charge in [0.25, 0.3) is 0 Å². The summed E-state index contributed by atoms with van der Waals surface area (Å²) in [5.41, 5.74) is 6.40. The van der Waals surface area contributed by atoms with E-state index in [9.17, 15) is 9.59 Å². The van der Waals surface area contributed by atoms with Crippen molar-refractivity contribution in [1.29, 1.82) is 0 Å². The van der Waals surface area contributed by atoms with Crippen molar-refractivity contribution in [3.63, 3.8) is 0 Å². The van der Waals surface area contributed by atoms with Gasteiger partial charge in [0, 0.05) is 34.7 Å². The van der Waals surface area contributed by atoms with Crippen LogP contribution in [-0.2, 0) is 4.79 Å². The van der Waals surface area contributed by atoms with E-state index in [1.807, 2.05) is 31.2 Å². The van der Waals surface area contributed by atoms with Gasteiger partial charge in [-0.05, 0) is 25.3 Å². The zero-order chi connectivity index (χ0) is 17.8. The first-order valence-corrected chi connectivity index (χ1v) is 9.20. The highest BCUT2D eigenvalue weighted by Crippen LogP contribution is 2.48. The fourth-order valence-electron chi connectivity index (χ4n) is 4.58.